The minimum Gasteiger partial charge on any atom is -0.443 e. The SMILES string of the molecule is CCNC(=NCc1ncc(C(C)(C)C)o1)NCCCN1CCCCC1C. The van der Waals surface area contributed by atoms with E-state index in [0.29, 0.717) is 12.4 Å². The number of oxazole rings is 1. The number of guanidine groups is 1. The van der Waals surface area contributed by atoms with E-state index in [-0.39, 0.29) is 5.41 Å². The number of hydrogen-bond donors (Lipinski definition) is 2. The summed E-state index contributed by atoms with van der Waals surface area (Å²) in [6, 6.07) is 0.729. The van der Waals surface area contributed by atoms with Crippen LogP contribution in [0.4, 0.5) is 0 Å². The average Bonchev–Trinajstić information content (AvgIpc) is 3.07. The molecule has 1 aliphatic rings. The highest BCUT2D eigenvalue weighted by atomic mass is 16.4. The van der Waals surface area contributed by atoms with Gasteiger partial charge in [-0.1, -0.05) is 27.2 Å². The van der Waals surface area contributed by atoms with Gasteiger partial charge in [0, 0.05) is 31.1 Å². The third-order valence-electron chi connectivity index (χ3n) is 4.86. The van der Waals surface area contributed by atoms with E-state index in [1.165, 1.54) is 25.8 Å². The summed E-state index contributed by atoms with van der Waals surface area (Å²) in [5.74, 6) is 2.39. The van der Waals surface area contributed by atoms with Crippen molar-refractivity contribution in [2.75, 3.05) is 26.2 Å². The zero-order valence-corrected chi connectivity index (χ0v) is 17.3. The van der Waals surface area contributed by atoms with E-state index in [2.05, 4.69) is 60.1 Å². The number of nitrogens with zero attached hydrogens (tertiary/aromatic N) is 3. The summed E-state index contributed by atoms with van der Waals surface area (Å²) in [7, 11) is 0. The maximum atomic E-state index is 5.81. The average molecular weight is 364 g/mol. The molecular weight excluding hydrogens is 326 g/mol. The monoisotopic (exact) mass is 363 g/mol. The van der Waals surface area contributed by atoms with Gasteiger partial charge in [-0.2, -0.15) is 0 Å². The van der Waals surface area contributed by atoms with E-state index < -0.39 is 0 Å². The largest absolute Gasteiger partial charge is 0.443 e. The molecule has 148 valence electrons. The van der Waals surface area contributed by atoms with E-state index in [9.17, 15) is 0 Å². The lowest BCUT2D eigenvalue weighted by molar-refractivity contribution is 0.159. The van der Waals surface area contributed by atoms with Crippen molar-refractivity contribution in [3.63, 3.8) is 0 Å². The lowest BCUT2D eigenvalue weighted by Crippen LogP contribution is -2.41. The Hall–Kier alpha value is -1.56. The number of hydrogen-bond acceptors (Lipinski definition) is 4. The lowest BCUT2D eigenvalue weighted by atomic mass is 9.94. The summed E-state index contributed by atoms with van der Waals surface area (Å²) in [5, 5.41) is 6.72. The molecule has 2 heterocycles. The summed E-state index contributed by atoms with van der Waals surface area (Å²) < 4.78 is 5.81. The highest BCUT2D eigenvalue weighted by molar-refractivity contribution is 5.79. The number of aliphatic imine (C=N–C) groups is 1. The van der Waals surface area contributed by atoms with Crippen molar-refractivity contribution in [1.29, 1.82) is 0 Å². The molecule has 0 aromatic carbocycles. The number of piperidine rings is 1. The third-order valence-corrected chi connectivity index (χ3v) is 4.86. The Morgan fingerprint density at radius 1 is 1.35 bits per heavy atom. The summed E-state index contributed by atoms with van der Waals surface area (Å²) in [5.41, 5.74) is -0.0245. The predicted molar refractivity (Wildman–Crippen MR) is 108 cm³/mol. The van der Waals surface area contributed by atoms with Gasteiger partial charge in [0.25, 0.3) is 0 Å². The zero-order valence-electron chi connectivity index (χ0n) is 17.3. The van der Waals surface area contributed by atoms with E-state index in [1.807, 2.05) is 6.20 Å². The second kappa shape index (κ2) is 9.95. The van der Waals surface area contributed by atoms with Crippen molar-refractivity contribution >= 4 is 5.96 Å². The van der Waals surface area contributed by atoms with Gasteiger partial charge in [-0.05, 0) is 39.7 Å². The Labute approximate surface area is 158 Å². The first-order valence-electron chi connectivity index (χ1n) is 10.1. The quantitative estimate of drug-likeness (QED) is 0.442. The second-order valence-electron chi connectivity index (χ2n) is 8.22. The fourth-order valence-corrected chi connectivity index (χ4v) is 3.20. The van der Waals surface area contributed by atoms with Crippen LogP contribution in [0, 0.1) is 0 Å². The Morgan fingerprint density at radius 3 is 2.81 bits per heavy atom. The van der Waals surface area contributed by atoms with Gasteiger partial charge in [-0.25, -0.2) is 9.98 Å². The molecule has 0 spiro atoms. The Balaban J connectivity index is 1.78. The molecule has 1 aliphatic heterocycles. The molecular formula is C20H37N5O. The molecule has 26 heavy (non-hydrogen) atoms. The summed E-state index contributed by atoms with van der Waals surface area (Å²) in [6.07, 6.45) is 7.00. The summed E-state index contributed by atoms with van der Waals surface area (Å²) >= 11 is 0. The lowest BCUT2D eigenvalue weighted by Gasteiger charge is -2.33. The topological polar surface area (TPSA) is 65.7 Å². The van der Waals surface area contributed by atoms with Crippen molar-refractivity contribution in [1.82, 2.24) is 20.5 Å². The van der Waals surface area contributed by atoms with Crippen LogP contribution < -0.4 is 10.6 Å². The molecule has 1 aromatic heterocycles. The van der Waals surface area contributed by atoms with Crippen LogP contribution in [0.5, 0.6) is 0 Å². The summed E-state index contributed by atoms with van der Waals surface area (Å²) in [6.45, 7) is 15.4. The fourth-order valence-electron chi connectivity index (χ4n) is 3.20. The van der Waals surface area contributed by atoms with Gasteiger partial charge < -0.3 is 20.0 Å². The second-order valence-corrected chi connectivity index (χ2v) is 8.22. The first-order chi connectivity index (χ1) is 12.4. The number of nitrogens with one attached hydrogen (secondary N) is 2. The Bertz CT molecular complexity index is 561. The smallest absolute Gasteiger partial charge is 0.216 e. The zero-order chi connectivity index (χ0) is 19.0. The van der Waals surface area contributed by atoms with Crippen molar-refractivity contribution in [2.24, 2.45) is 4.99 Å². The number of likely N-dealkylation sites (tertiary alicyclic amines) is 1. The van der Waals surface area contributed by atoms with Gasteiger partial charge in [-0.3, -0.25) is 0 Å². The predicted octanol–water partition coefficient (Wildman–Crippen LogP) is 3.29. The van der Waals surface area contributed by atoms with Crippen LogP contribution in [0.15, 0.2) is 15.6 Å². The highest BCUT2D eigenvalue weighted by Gasteiger charge is 2.19. The van der Waals surface area contributed by atoms with E-state index in [0.717, 1.165) is 43.8 Å². The van der Waals surface area contributed by atoms with Gasteiger partial charge >= 0.3 is 0 Å². The van der Waals surface area contributed by atoms with Crippen LogP contribution in [-0.2, 0) is 12.0 Å². The van der Waals surface area contributed by atoms with Gasteiger partial charge in [0.15, 0.2) is 5.96 Å². The maximum Gasteiger partial charge on any atom is 0.216 e. The third kappa shape index (κ3) is 6.63. The Morgan fingerprint density at radius 2 is 2.15 bits per heavy atom. The van der Waals surface area contributed by atoms with Gasteiger partial charge in [0.05, 0.1) is 6.20 Å². The van der Waals surface area contributed by atoms with Crippen LogP contribution in [0.25, 0.3) is 0 Å². The van der Waals surface area contributed by atoms with Crippen molar-refractivity contribution in [3.8, 4) is 0 Å². The molecule has 0 radical (unpaired) electrons. The molecule has 2 N–H and O–H groups in total. The van der Waals surface area contributed by atoms with E-state index >= 15 is 0 Å². The first-order valence-corrected chi connectivity index (χ1v) is 10.1. The van der Waals surface area contributed by atoms with E-state index in [1.54, 1.807) is 0 Å². The molecule has 2 rings (SSSR count). The van der Waals surface area contributed by atoms with Crippen LogP contribution in [0.2, 0.25) is 0 Å². The summed E-state index contributed by atoms with van der Waals surface area (Å²) in [4.78, 5) is 11.6. The van der Waals surface area contributed by atoms with Crippen molar-refractivity contribution in [2.45, 2.75) is 78.3 Å². The molecule has 0 amide bonds. The van der Waals surface area contributed by atoms with Gasteiger partial charge in [0.2, 0.25) is 5.89 Å². The highest BCUT2D eigenvalue weighted by Crippen LogP contribution is 2.22. The molecule has 0 bridgehead atoms. The number of rotatable bonds is 7. The number of aromatic nitrogens is 1. The van der Waals surface area contributed by atoms with Crippen LogP contribution in [-0.4, -0.2) is 48.1 Å². The molecule has 6 nitrogen and oxygen atoms in total. The molecule has 1 fully saturated rings. The van der Waals surface area contributed by atoms with Gasteiger partial charge in [0.1, 0.15) is 12.3 Å². The molecule has 1 saturated heterocycles. The van der Waals surface area contributed by atoms with E-state index in [4.69, 9.17) is 4.42 Å². The standard InChI is InChI=1S/C20H37N5O/c1-6-21-19(22-11-9-13-25-12-8-7-10-16(25)2)24-15-18-23-14-17(26-18)20(3,4)5/h14,16H,6-13,15H2,1-5H3,(H2,21,22,24). The Kier molecular flexibility index (Phi) is 7.94. The normalized spacial score (nSPS) is 19.6. The molecule has 6 heteroatoms. The van der Waals surface area contributed by atoms with Crippen molar-refractivity contribution in [3.05, 3.63) is 17.8 Å². The van der Waals surface area contributed by atoms with Crippen LogP contribution >= 0.6 is 0 Å². The van der Waals surface area contributed by atoms with Crippen LogP contribution in [0.1, 0.15) is 72.0 Å². The molecule has 1 unspecified atom stereocenters. The first kappa shape index (κ1) is 20.7. The van der Waals surface area contributed by atoms with Gasteiger partial charge in [-0.15, -0.1) is 0 Å². The molecule has 0 aliphatic carbocycles. The minimum absolute atomic E-state index is 0.0245. The molecule has 0 saturated carbocycles. The fraction of sp³-hybridized carbons (Fsp3) is 0.800. The molecule has 1 aromatic rings. The maximum absolute atomic E-state index is 5.81. The van der Waals surface area contributed by atoms with Crippen molar-refractivity contribution < 1.29 is 4.42 Å². The van der Waals surface area contributed by atoms with Crippen LogP contribution in [0.3, 0.4) is 0 Å². The minimum atomic E-state index is -0.0245. The molecule has 1 atom stereocenters.